The molecule has 0 fully saturated rings. The van der Waals surface area contributed by atoms with Crippen molar-refractivity contribution >= 4 is 5.91 Å². The molecular weight excluding hydrogens is 293 g/mol. The molecule has 1 amide bonds. The van der Waals surface area contributed by atoms with Crippen LogP contribution in [0.5, 0.6) is 5.75 Å². The Morgan fingerprint density at radius 3 is 2.13 bits per heavy atom. The zero-order chi connectivity index (χ0) is 17.0. The Bertz CT molecular complexity index is 657. The van der Waals surface area contributed by atoms with E-state index in [-0.39, 0.29) is 11.4 Å². The fourth-order valence-electron chi connectivity index (χ4n) is 2.36. The van der Waals surface area contributed by atoms with Gasteiger partial charge in [-0.2, -0.15) is 0 Å². The van der Waals surface area contributed by atoms with E-state index in [1.165, 1.54) is 12.1 Å². The second kappa shape index (κ2) is 6.82. The molecule has 0 aliphatic heterocycles. The molecule has 2 aromatic carbocycles. The summed E-state index contributed by atoms with van der Waals surface area (Å²) in [6.45, 7) is 5.95. The molecule has 0 spiro atoms. The lowest BCUT2D eigenvalue weighted by molar-refractivity contribution is -0.119. The molecule has 2 aromatic rings. The van der Waals surface area contributed by atoms with Crippen LogP contribution in [0.4, 0.5) is 4.39 Å². The summed E-state index contributed by atoms with van der Waals surface area (Å²) in [4.78, 5) is 11.7. The van der Waals surface area contributed by atoms with Crippen molar-refractivity contribution < 1.29 is 13.9 Å². The maximum atomic E-state index is 13.0. The number of hydrogen-bond acceptors (Lipinski definition) is 2. The minimum absolute atomic E-state index is 0.259. The summed E-state index contributed by atoms with van der Waals surface area (Å²) >= 11 is 0. The zero-order valence-electron chi connectivity index (χ0n) is 13.7. The first-order chi connectivity index (χ1) is 10.7. The fourth-order valence-corrected chi connectivity index (χ4v) is 2.36. The van der Waals surface area contributed by atoms with Gasteiger partial charge in [0.25, 0.3) is 0 Å². The predicted octanol–water partition coefficient (Wildman–Crippen LogP) is 3.81. The molecule has 1 unspecified atom stereocenters. The van der Waals surface area contributed by atoms with Crippen molar-refractivity contribution in [3.05, 3.63) is 65.5 Å². The van der Waals surface area contributed by atoms with Crippen LogP contribution in [0.25, 0.3) is 0 Å². The molecule has 122 valence electrons. The van der Waals surface area contributed by atoms with E-state index in [1.54, 1.807) is 12.1 Å². The molecular formula is C19H22FNO2. The summed E-state index contributed by atoms with van der Waals surface area (Å²) in [6.07, 6.45) is 0.469. The van der Waals surface area contributed by atoms with Crippen LogP contribution in [-0.4, -0.2) is 11.5 Å². The second-order valence-corrected chi connectivity index (χ2v) is 6.57. The second-order valence-electron chi connectivity index (χ2n) is 6.57. The Kier molecular flexibility index (Phi) is 5.04. The van der Waals surface area contributed by atoms with E-state index in [0.717, 1.165) is 11.3 Å². The molecule has 3 nitrogen and oxygen atoms in total. The van der Waals surface area contributed by atoms with Crippen LogP contribution >= 0.6 is 0 Å². The average Bonchev–Trinajstić information content (AvgIpc) is 2.46. The summed E-state index contributed by atoms with van der Waals surface area (Å²) < 4.78 is 18.8. The molecule has 0 aromatic heterocycles. The monoisotopic (exact) mass is 315 g/mol. The van der Waals surface area contributed by atoms with Crippen molar-refractivity contribution in [3.8, 4) is 5.75 Å². The third-order valence-corrected chi connectivity index (χ3v) is 3.40. The average molecular weight is 315 g/mol. The highest BCUT2D eigenvalue weighted by molar-refractivity contribution is 5.82. The standard InChI is InChI=1S/C19H22FNO2/c1-19(2,3)23-16-10-4-13(5-11-16)12-17(18(21)22)14-6-8-15(20)9-7-14/h4-11,17H,12H2,1-3H3,(H2,21,22). The van der Waals surface area contributed by atoms with Gasteiger partial charge in [0.2, 0.25) is 5.91 Å². The lowest BCUT2D eigenvalue weighted by atomic mass is 9.91. The Labute approximate surface area is 136 Å². The lowest BCUT2D eigenvalue weighted by Gasteiger charge is -2.21. The van der Waals surface area contributed by atoms with Crippen LogP contribution in [0.15, 0.2) is 48.5 Å². The minimum Gasteiger partial charge on any atom is -0.488 e. The predicted molar refractivity (Wildman–Crippen MR) is 88.9 cm³/mol. The number of benzene rings is 2. The number of halogens is 1. The fraction of sp³-hybridized carbons (Fsp3) is 0.316. The lowest BCUT2D eigenvalue weighted by Crippen LogP contribution is -2.23. The number of carbonyl (C=O) groups excluding carboxylic acids is 1. The van der Waals surface area contributed by atoms with E-state index in [9.17, 15) is 9.18 Å². The molecule has 2 N–H and O–H groups in total. The van der Waals surface area contributed by atoms with Crippen LogP contribution < -0.4 is 10.5 Å². The van der Waals surface area contributed by atoms with Gasteiger partial charge in [-0.15, -0.1) is 0 Å². The zero-order valence-corrected chi connectivity index (χ0v) is 13.7. The SMILES string of the molecule is CC(C)(C)Oc1ccc(CC(C(N)=O)c2ccc(F)cc2)cc1. The Morgan fingerprint density at radius 1 is 1.09 bits per heavy atom. The Morgan fingerprint density at radius 2 is 1.65 bits per heavy atom. The molecule has 0 aliphatic carbocycles. The van der Waals surface area contributed by atoms with Crippen molar-refractivity contribution in [2.24, 2.45) is 5.73 Å². The van der Waals surface area contributed by atoms with Crippen molar-refractivity contribution in [3.63, 3.8) is 0 Å². The maximum Gasteiger partial charge on any atom is 0.225 e. The molecule has 1 atom stereocenters. The van der Waals surface area contributed by atoms with Gasteiger partial charge in [-0.25, -0.2) is 4.39 Å². The van der Waals surface area contributed by atoms with Gasteiger partial charge in [0, 0.05) is 0 Å². The summed E-state index contributed by atoms with van der Waals surface area (Å²) in [6, 6.07) is 13.5. The number of ether oxygens (including phenoxy) is 1. The molecule has 23 heavy (non-hydrogen) atoms. The van der Waals surface area contributed by atoms with Crippen molar-refractivity contribution in [2.45, 2.75) is 38.7 Å². The molecule has 0 saturated heterocycles. The first kappa shape index (κ1) is 17.0. The third-order valence-electron chi connectivity index (χ3n) is 3.40. The summed E-state index contributed by atoms with van der Waals surface area (Å²) in [5, 5.41) is 0. The maximum absolute atomic E-state index is 13.0. The van der Waals surface area contributed by atoms with Gasteiger partial charge >= 0.3 is 0 Å². The highest BCUT2D eigenvalue weighted by Crippen LogP contribution is 2.24. The van der Waals surface area contributed by atoms with Crippen LogP contribution in [-0.2, 0) is 11.2 Å². The van der Waals surface area contributed by atoms with E-state index in [4.69, 9.17) is 10.5 Å². The summed E-state index contributed by atoms with van der Waals surface area (Å²) in [5.74, 6) is -0.462. The molecule has 4 heteroatoms. The number of amides is 1. The van der Waals surface area contributed by atoms with Crippen molar-refractivity contribution in [1.29, 1.82) is 0 Å². The molecule has 2 rings (SSSR count). The Hall–Kier alpha value is -2.36. The largest absolute Gasteiger partial charge is 0.488 e. The number of hydrogen-bond donors (Lipinski definition) is 1. The number of carbonyl (C=O) groups is 1. The van der Waals surface area contributed by atoms with Crippen molar-refractivity contribution in [1.82, 2.24) is 0 Å². The topological polar surface area (TPSA) is 52.3 Å². The first-order valence-corrected chi connectivity index (χ1v) is 7.57. The minimum atomic E-state index is -0.481. The molecule has 0 radical (unpaired) electrons. The van der Waals surface area contributed by atoms with E-state index >= 15 is 0 Å². The molecule has 0 heterocycles. The van der Waals surface area contributed by atoms with E-state index < -0.39 is 11.8 Å². The first-order valence-electron chi connectivity index (χ1n) is 7.57. The van der Waals surface area contributed by atoms with Gasteiger partial charge in [-0.1, -0.05) is 24.3 Å². The molecule has 0 aliphatic rings. The Balaban J connectivity index is 2.14. The molecule has 0 bridgehead atoms. The van der Waals surface area contributed by atoms with Gasteiger partial charge in [0.15, 0.2) is 0 Å². The van der Waals surface area contributed by atoms with Gasteiger partial charge in [-0.3, -0.25) is 4.79 Å². The van der Waals surface area contributed by atoms with Crippen LogP contribution in [0, 0.1) is 5.82 Å². The van der Waals surface area contributed by atoms with Gasteiger partial charge in [0.1, 0.15) is 17.2 Å². The van der Waals surface area contributed by atoms with E-state index in [2.05, 4.69) is 0 Å². The van der Waals surface area contributed by atoms with Gasteiger partial charge < -0.3 is 10.5 Å². The normalized spacial score (nSPS) is 12.7. The number of nitrogens with two attached hydrogens (primary N) is 1. The van der Waals surface area contributed by atoms with Crippen LogP contribution in [0.2, 0.25) is 0 Å². The van der Waals surface area contributed by atoms with Crippen LogP contribution in [0.1, 0.15) is 37.8 Å². The van der Waals surface area contributed by atoms with E-state index in [1.807, 2.05) is 45.0 Å². The number of rotatable bonds is 5. The highest BCUT2D eigenvalue weighted by atomic mass is 19.1. The van der Waals surface area contributed by atoms with Gasteiger partial charge in [-0.05, 0) is 62.6 Å². The van der Waals surface area contributed by atoms with Crippen molar-refractivity contribution in [2.75, 3.05) is 0 Å². The highest BCUT2D eigenvalue weighted by Gasteiger charge is 2.19. The third kappa shape index (κ3) is 5.09. The number of primary amides is 1. The van der Waals surface area contributed by atoms with E-state index in [0.29, 0.717) is 12.0 Å². The molecule has 0 saturated carbocycles. The summed E-state index contributed by atoms with van der Waals surface area (Å²) in [7, 11) is 0. The summed E-state index contributed by atoms with van der Waals surface area (Å²) in [5.41, 5.74) is 6.94. The quantitative estimate of drug-likeness (QED) is 0.912. The van der Waals surface area contributed by atoms with Gasteiger partial charge in [0.05, 0.1) is 5.92 Å². The smallest absolute Gasteiger partial charge is 0.225 e. The van der Waals surface area contributed by atoms with Crippen LogP contribution in [0.3, 0.4) is 0 Å².